The molecule has 1 heterocycles. The van der Waals surface area contributed by atoms with Crippen molar-refractivity contribution >= 4 is 11.7 Å². The molecule has 202 valence electrons. The van der Waals surface area contributed by atoms with Crippen molar-refractivity contribution in [3.63, 3.8) is 0 Å². The summed E-state index contributed by atoms with van der Waals surface area (Å²) in [5, 5.41) is 7.05. The molecule has 7 atom stereocenters. The van der Waals surface area contributed by atoms with Crippen molar-refractivity contribution < 1.29 is 18.4 Å². The smallest absolute Gasteiger partial charge is 0.224 e. The van der Waals surface area contributed by atoms with Crippen LogP contribution in [-0.4, -0.2) is 24.3 Å². The lowest BCUT2D eigenvalue weighted by atomic mass is 9.48. The van der Waals surface area contributed by atoms with E-state index >= 15 is 0 Å². The van der Waals surface area contributed by atoms with Crippen LogP contribution in [0, 0.1) is 46.1 Å². The third-order valence-electron chi connectivity index (χ3n) is 11.1. The van der Waals surface area contributed by atoms with Gasteiger partial charge in [-0.15, -0.1) is 0 Å². The van der Waals surface area contributed by atoms with E-state index in [1.165, 1.54) is 24.3 Å². The maximum atomic E-state index is 14.0. The van der Waals surface area contributed by atoms with Crippen LogP contribution in [-0.2, 0) is 9.59 Å². The Morgan fingerprint density at radius 1 is 0.895 bits per heavy atom. The largest absolute Gasteiger partial charge is 0.345 e. The quantitative estimate of drug-likeness (QED) is 0.523. The van der Waals surface area contributed by atoms with Gasteiger partial charge in [-0.3, -0.25) is 9.59 Å². The number of ketones is 1. The van der Waals surface area contributed by atoms with Gasteiger partial charge < -0.3 is 10.6 Å². The van der Waals surface area contributed by atoms with Gasteiger partial charge in [0.2, 0.25) is 5.91 Å². The molecule has 6 heteroatoms. The summed E-state index contributed by atoms with van der Waals surface area (Å²) in [7, 11) is 0. The van der Waals surface area contributed by atoms with Gasteiger partial charge in [-0.2, -0.15) is 0 Å². The molecule has 1 amide bonds. The maximum absolute atomic E-state index is 14.0. The molecule has 3 saturated carbocycles. The zero-order valence-corrected chi connectivity index (χ0v) is 22.3. The second-order valence-corrected chi connectivity index (χ2v) is 12.8. The molecule has 0 aromatic heterocycles. The average Bonchev–Trinajstić information content (AvgIpc) is 3.26. The summed E-state index contributed by atoms with van der Waals surface area (Å²) in [5.41, 5.74) is 1.61. The normalized spacial score (nSPS) is 36.3. The van der Waals surface area contributed by atoms with Crippen LogP contribution in [0.5, 0.6) is 0 Å². The number of hydrogen-bond acceptors (Lipinski definition) is 3. The fourth-order valence-corrected chi connectivity index (χ4v) is 8.91. The summed E-state index contributed by atoms with van der Waals surface area (Å²) in [6, 6.07) is 12.2. The van der Waals surface area contributed by atoms with Gasteiger partial charge in [0.1, 0.15) is 17.4 Å². The number of fused-ring (bicyclic) bond motifs is 5. The van der Waals surface area contributed by atoms with Crippen molar-refractivity contribution in [1.82, 2.24) is 10.6 Å². The molecule has 3 aliphatic carbocycles. The van der Waals surface area contributed by atoms with Crippen molar-refractivity contribution in [3.05, 3.63) is 71.3 Å². The van der Waals surface area contributed by atoms with Gasteiger partial charge in [0.05, 0.1) is 6.04 Å². The topological polar surface area (TPSA) is 58.2 Å². The van der Waals surface area contributed by atoms with Crippen LogP contribution in [0.1, 0.15) is 76.0 Å². The van der Waals surface area contributed by atoms with E-state index < -0.39 is 6.04 Å². The lowest BCUT2D eigenvalue weighted by molar-refractivity contribution is -0.139. The zero-order chi connectivity index (χ0) is 26.7. The van der Waals surface area contributed by atoms with E-state index in [0.717, 1.165) is 49.8 Å². The molecule has 2 aromatic rings. The van der Waals surface area contributed by atoms with Crippen molar-refractivity contribution in [2.45, 2.75) is 70.9 Å². The van der Waals surface area contributed by atoms with Gasteiger partial charge >= 0.3 is 0 Å². The lowest BCUT2D eigenvalue weighted by Crippen LogP contribution is -2.63. The van der Waals surface area contributed by atoms with E-state index in [1.54, 1.807) is 24.3 Å². The highest BCUT2D eigenvalue weighted by molar-refractivity contribution is 5.81. The molecule has 4 nitrogen and oxygen atoms in total. The Labute approximate surface area is 224 Å². The van der Waals surface area contributed by atoms with Gasteiger partial charge in [-0.05, 0) is 103 Å². The molecule has 6 rings (SSSR count). The monoisotopic (exact) mass is 520 g/mol. The van der Waals surface area contributed by atoms with Gasteiger partial charge in [0, 0.05) is 24.8 Å². The average molecular weight is 521 g/mol. The first-order valence-corrected chi connectivity index (χ1v) is 14.3. The predicted molar refractivity (Wildman–Crippen MR) is 142 cm³/mol. The number of piperidine rings is 1. The van der Waals surface area contributed by atoms with Crippen LogP contribution in [0.3, 0.4) is 0 Å². The Kier molecular flexibility index (Phi) is 6.45. The molecule has 1 saturated heterocycles. The fraction of sp³-hybridized carbons (Fsp3) is 0.562. The van der Waals surface area contributed by atoms with E-state index in [0.29, 0.717) is 36.4 Å². The predicted octanol–water partition coefficient (Wildman–Crippen LogP) is 5.96. The van der Waals surface area contributed by atoms with E-state index in [2.05, 4.69) is 24.5 Å². The highest BCUT2D eigenvalue weighted by Gasteiger charge is 2.61. The molecule has 2 N–H and O–H groups in total. The SMILES string of the molecule is C[C@]12CCC(=O)CC1NCC1C2CC[C@]2(C)C(C(=O)NC(c3ccc(F)cc3)c3ccc(F)cc3)CCC12. The number of hydrogen-bond donors (Lipinski definition) is 2. The summed E-state index contributed by atoms with van der Waals surface area (Å²) < 4.78 is 27.4. The van der Waals surface area contributed by atoms with Crippen LogP contribution in [0.2, 0.25) is 0 Å². The number of carbonyl (C=O) groups is 2. The van der Waals surface area contributed by atoms with Crippen LogP contribution in [0.25, 0.3) is 0 Å². The summed E-state index contributed by atoms with van der Waals surface area (Å²) in [4.78, 5) is 26.1. The van der Waals surface area contributed by atoms with Gasteiger partial charge in [-0.25, -0.2) is 8.78 Å². The molecular formula is C32H38F2N2O2. The first-order valence-electron chi connectivity index (χ1n) is 14.3. The molecule has 2 aromatic carbocycles. The standard InChI is InChI=1S/C32H38F2N2O2/c1-31-16-14-26-24(18-35-28-17-23(37)13-15-32(26,28)2)25(31)11-12-27(31)30(38)36-29(19-3-7-21(33)8-4-19)20-5-9-22(34)10-6-20/h3-10,24-29,35H,11-18H2,1-2H3,(H,36,38)/t24?,25?,26?,27?,28?,31-,32+/m0/s1. The molecule has 0 radical (unpaired) electrons. The minimum atomic E-state index is -0.474. The van der Waals surface area contributed by atoms with E-state index in [9.17, 15) is 18.4 Å². The van der Waals surface area contributed by atoms with Gasteiger partial charge in [0.25, 0.3) is 0 Å². The number of benzene rings is 2. The van der Waals surface area contributed by atoms with Gasteiger partial charge in [0.15, 0.2) is 0 Å². The van der Waals surface area contributed by atoms with Crippen molar-refractivity contribution in [2.75, 3.05) is 6.54 Å². The third-order valence-corrected chi connectivity index (χ3v) is 11.1. The number of carbonyl (C=O) groups excluding carboxylic acids is 2. The minimum Gasteiger partial charge on any atom is -0.345 e. The fourth-order valence-electron chi connectivity index (χ4n) is 8.91. The number of rotatable bonds is 4. The molecule has 38 heavy (non-hydrogen) atoms. The van der Waals surface area contributed by atoms with E-state index in [4.69, 9.17) is 0 Å². The Hall–Kier alpha value is -2.60. The van der Waals surface area contributed by atoms with Gasteiger partial charge in [-0.1, -0.05) is 38.1 Å². The van der Waals surface area contributed by atoms with Crippen molar-refractivity contribution in [1.29, 1.82) is 0 Å². The van der Waals surface area contributed by atoms with Crippen LogP contribution in [0.4, 0.5) is 8.78 Å². The summed E-state index contributed by atoms with van der Waals surface area (Å²) in [5.74, 6) is 1.22. The lowest BCUT2D eigenvalue weighted by Gasteiger charge is -2.60. The Morgan fingerprint density at radius 3 is 2.13 bits per heavy atom. The summed E-state index contributed by atoms with van der Waals surface area (Å²) in [6.07, 6.45) is 6.33. The maximum Gasteiger partial charge on any atom is 0.224 e. The number of nitrogens with one attached hydrogen (secondary N) is 2. The Balaban J connectivity index is 1.24. The first-order chi connectivity index (χ1) is 18.2. The Morgan fingerprint density at radius 2 is 1.50 bits per heavy atom. The number of halogens is 2. The molecule has 4 fully saturated rings. The van der Waals surface area contributed by atoms with E-state index in [-0.39, 0.29) is 40.3 Å². The minimum absolute atomic E-state index is 0.0308. The third kappa shape index (κ3) is 4.20. The van der Waals surface area contributed by atoms with Crippen LogP contribution >= 0.6 is 0 Å². The van der Waals surface area contributed by atoms with E-state index in [1.807, 2.05) is 0 Å². The highest BCUT2D eigenvalue weighted by Crippen LogP contribution is 2.64. The molecule has 5 unspecified atom stereocenters. The zero-order valence-electron chi connectivity index (χ0n) is 22.3. The number of amides is 1. The molecular weight excluding hydrogens is 482 g/mol. The second kappa shape index (κ2) is 9.55. The highest BCUT2D eigenvalue weighted by atomic mass is 19.1. The Bertz CT molecular complexity index is 1170. The molecule has 4 aliphatic rings. The molecule has 1 aliphatic heterocycles. The van der Waals surface area contributed by atoms with Crippen molar-refractivity contribution in [2.24, 2.45) is 34.5 Å². The summed E-state index contributed by atoms with van der Waals surface area (Å²) >= 11 is 0. The molecule has 0 bridgehead atoms. The molecule has 0 spiro atoms. The van der Waals surface area contributed by atoms with Crippen LogP contribution in [0.15, 0.2) is 48.5 Å². The number of Topliss-reactive ketones (excluding diaryl/α,β-unsaturated/α-hetero) is 1. The second-order valence-electron chi connectivity index (χ2n) is 12.8. The first kappa shape index (κ1) is 25.7. The van der Waals surface area contributed by atoms with Crippen molar-refractivity contribution in [3.8, 4) is 0 Å². The summed E-state index contributed by atoms with van der Waals surface area (Å²) in [6.45, 7) is 5.64. The van der Waals surface area contributed by atoms with Crippen LogP contribution < -0.4 is 10.6 Å².